The molecule has 5 fully saturated rings. The Kier molecular flexibility index (Phi) is 7.57. The summed E-state index contributed by atoms with van der Waals surface area (Å²) in [6.07, 6.45) is -0.202. The number of hydrogen-bond donors (Lipinski definition) is 1. The number of benzene rings is 2. The lowest BCUT2D eigenvalue weighted by Gasteiger charge is -2.56. The Morgan fingerprint density at radius 1 is 1.13 bits per heavy atom. The van der Waals surface area contributed by atoms with Crippen molar-refractivity contribution in [1.82, 2.24) is 15.1 Å². The summed E-state index contributed by atoms with van der Waals surface area (Å²) in [4.78, 5) is 18.4. The maximum atomic E-state index is 13.4. The molecule has 4 saturated heterocycles. The summed E-state index contributed by atoms with van der Waals surface area (Å²) < 4.78 is 18.6. The zero-order valence-electron chi connectivity index (χ0n) is 22.7. The van der Waals surface area contributed by atoms with Gasteiger partial charge in [-0.3, -0.25) is 14.6 Å². The van der Waals surface area contributed by atoms with Crippen molar-refractivity contribution in [3.63, 3.8) is 0 Å². The van der Waals surface area contributed by atoms with Gasteiger partial charge in [-0.25, -0.2) is 0 Å². The average molecular weight is 552 g/mol. The molecular formula is C31H38ClN3O4. The summed E-state index contributed by atoms with van der Waals surface area (Å²) >= 11 is 6.22. The van der Waals surface area contributed by atoms with Crippen LogP contribution in [0.25, 0.3) is 0 Å². The highest BCUT2D eigenvalue weighted by Crippen LogP contribution is 2.60. The lowest BCUT2D eigenvalue weighted by atomic mass is 9.74. The minimum atomic E-state index is -0.661. The zero-order chi connectivity index (χ0) is 27.1. The quantitative estimate of drug-likeness (QED) is 0.499. The van der Waals surface area contributed by atoms with E-state index in [0.29, 0.717) is 13.1 Å². The van der Waals surface area contributed by atoms with Gasteiger partial charge < -0.3 is 19.5 Å². The first-order chi connectivity index (χ1) is 18.9. The van der Waals surface area contributed by atoms with Crippen LogP contribution in [0.3, 0.4) is 0 Å². The van der Waals surface area contributed by atoms with Crippen LogP contribution in [0.15, 0.2) is 66.7 Å². The fraction of sp³-hybridized carbons (Fsp3) is 0.516. The molecule has 0 radical (unpaired) electrons. The molecule has 4 heterocycles. The minimum absolute atomic E-state index is 0.0562. The second-order valence-corrected chi connectivity index (χ2v) is 11.6. The molecule has 1 aliphatic carbocycles. The smallest absolute Gasteiger partial charge is 0.226 e. The molecule has 39 heavy (non-hydrogen) atoms. The molecule has 2 aromatic rings. The Morgan fingerprint density at radius 3 is 2.49 bits per heavy atom. The Hall–Kier alpha value is -2.26. The third kappa shape index (κ3) is 4.73. The number of ether oxygens (including phenoxy) is 3. The molecule has 0 spiro atoms. The van der Waals surface area contributed by atoms with Crippen LogP contribution in [0.2, 0.25) is 5.02 Å². The number of nitrogens with zero attached hydrogens (tertiary/aromatic N) is 2. The number of carbonyl (C=O) groups is 1. The second kappa shape index (κ2) is 11.0. The van der Waals surface area contributed by atoms with Gasteiger partial charge in [0.25, 0.3) is 0 Å². The zero-order valence-corrected chi connectivity index (χ0v) is 23.5. The summed E-state index contributed by atoms with van der Waals surface area (Å²) in [6, 6.07) is 19.0. The molecule has 4 bridgehead atoms. The van der Waals surface area contributed by atoms with E-state index in [1.165, 1.54) is 11.1 Å². The molecule has 7 nitrogen and oxygen atoms in total. The Morgan fingerprint density at radius 2 is 1.82 bits per heavy atom. The number of amides is 1. The maximum Gasteiger partial charge on any atom is 0.226 e. The molecule has 5 aliphatic rings. The number of carbonyl (C=O) groups excluding carboxylic acids is 1. The predicted octanol–water partition coefficient (Wildman–Crippen LogP) is 4.09. The number of rotatable bonds is 8. The van der Waals surface area contributed by atoms with Crippen molar-refractivity contribution >= 4 is 17.5 Å². The summed E-state index contributed by atoms with van der Waals surface area (Å²) in [6.45, 7) is 11.1. The molecule has 208 valence electrons. The molecule has 2 aromatic carbocycles. The van der Waals surface area contributed by atoms with E-state index in [9.17, 15) is 4.79 Å². The van der Waals surface area contributed by atoms with Crippen molar-refractivity contribution in [1.29, 1.82) is 0 Å². The van der Waals surface area contributed by atoms with Crippen molar-refractivity contribution in [2.24, 2.45) is 17.8 Å². The van der Waals surface area contributed by atoms with Crippen molar-refractivity contribution in [3.8, 4) is 0 Å². The van der Waals surface area contributed by atoms with Crippen LogP contribution in [-0.2, 0) is 19.0 Å². The lowest BCUT2D eigenvalue weighted by molar-refractivity contribution is -0.371. The number of piperazine rings is 1. The molecule has 7 rings (SSSR count). The summed E-state index contributed by atoms with van der Waals surface area (Å²) in [5.74, 6) is -0.110. The second-order valence-electron chi connectivity index (χ2n) is 11.2. The molecule has 4 aliphatic heterocycles. The van der Waals surface area contributed by atoms with E-state index in [1.807, 2.05) is 19.1 Å². The first-order valence-corrected chi connectivity index (χ1v) is 14.4. The monoisotopic (exact) mass is 551 g/mol. The molecule has 1 amide bonds. The SMILES string of the molecule is C=C1C2OC(OC)C3C1CC(C(=O)NCC)C3(CN1CCN(C(c3ccccc3)c3ccc(Cl)cc3)CC1)O2. The van der Waals surface area contributed by atoms with Gasteiger partial charge in [0.15, 0.2) is 12.6 Å². The molecular weight excluding hydrogens is 514 g/mol. The van der Waals surface area contributed by atoms with Crippen LogP contribution >= 0.6 is 11.6 Å². The van der Waals surface area contributed by atoms with Crippen LogP contribution in [-0.4, -0.2) is 80.3 Å². The normalized spacial score (nSPS) is 33.3. The van der Waals surface area contributed by atoms with E-state index in [-0.39, 0.29) is 29.7 Å². The van der Waals surface area contributed by atoms with Crippen molar-refractivity contribution in [2.45, 2.75) is 37.6 Å². The van der Waals surface area contributed by atoms with E-state index in [0.717, 1.165) is 43.2 Å². The van der Waals surface area contributed by atoms with E-state index in [4.69, 9.17) is 25.8 Å². The Balaban J connectivity index is 1.23. The Labute approximate surface area is 236 Å². The van der Waals surface area contributed by atoms with Crippen molar-refractivity contribution < 1.29 is 19.0 Å². The number of hydrogen-bond acceptors (Lipinski definition) is 6. The van der Waals surface area contributed by atoms with Crippen molar-refractivity contribution in [2.75, 3.05) is 46.4 Å². The predicted molar refractivity (Wildman–Crippen MR) is 150 cm³/mol. The molecule has 0 aromatic heterocycles. The molecule has 1 saturated carbocycles. The largest absolute Gasteiger partial charge is 0.356 e. The fourth-order valence-corrected chi connectivity index (χ4v) is 7.54. The first-order valence-electron chi connectivity index (χ1n) is 14.0. The minimum Gasteiger partial charge on any atom is -0.356 e. The van der Waals surface area contributed by atoms with Crippen molar-refractivity contribution in [3.05, 3.63) is 82.9 Å². The van der Waals surface area contributed by atoms with Gasteiger partial charge in [-0.15, -0.1) is 0 Å². The van der Waals surface area contributed by atoms with Crippen LogP contribution in [0, 0.1) is 17.8 Å². The van der Waals surface area contributed by atoms with Gasteiger partial charge in [0, 0.05) is 57.3 Å². The van der Waals surface area contributed by atoms with Crippen LogP contribution in [0.5, 0.6) is 0 Å². The molecule has 1 N–H and O–H groups in total. The maximum absolute atomic E-state index is 13.4. The standard InChI is InChI=1S/C31H38ClN3O4/c1-4-33-28(36)25-18-24-20(2)29-38-30(37-3)26(24)31(25,39-29)19-34-14-16-35(17-15-34)27(21-8-6-5-7-9-21)22-10-12-23(32)13-11-22/h5-13,24-27,29-30H,2,4,14-19H2,1,3H3,(H,33,36). The van der Waals surface area contributed by atoms with E-state index in [1.54, 1.807) is 7.11 Å². The molecule has 7 atom stereocenters. The van der Waals surface area contributed by atoms with E-state index >= 15 is 0 Å². The Bertz CT molecular complexity index is 1190. The highest BCUT2D eigenvalue weighted by Gasteiger charge is 2.70. The van der Waals surface area contributed by atoms with Gasteiger partial charge in [0.05, 0.1) is 12.0 Å². The topological polar surface area (TPSA) is 63.3 Å². The third-order valence-electron chi connectivity index (χ3n) is 9.18. The highest BCUT2D eigenvalue weighted by atomic mass is 35.5. The van der Waals surface area contributed by atoms with Crippen LogP contribution < -0.4 is 5.32 Å². The van der Waals surface area contributed by atoms with E-state index in [2.05, 4.69) is 64.2 Å². The summed E-state index contributed by atoms with van der Waals surface area (Å²) in [5.41, 5.74) is 2.79. The van der Waals surface area contributed by atoms with Gasteiger partial charge in [-0.2, -0.15) is 0 Å². The van der Waals surface area contributed by atoms with Gasteiger partial charge in [0.1, 0.15) is 5.60 Å². The van der Waals surface area contributed by atoms with Gasteiger partial charge in [0.2, 0.25) is 5.91 Å². The van der Waals surface area contributed by atoms with E-state index < -0.39 is 18.2 Å². The number of halogens is 1. The summed E-state index contributed by atoms with van der Waals surface area (Å²) in [7, 11) is 1.68. The van der Waals surface area contributed by atoms with Gasteiger partial charge in [-0.05, 0) is 48.1 Å². The third-order valence-corrected chi connectivity index (χ3v) is 9.43. The molecule has 8 heteroatoms. The number of methoxy groups -OCH3 is 1. The van der Waals surface area contributed by atoms with Crippen LogP contribution in [0.1, 0.15) is 30.5 Å². The van der Waals surface area contributed by atoms with Gasteiger partial charge >= 0.3 is 0 Å². The fourth-order valence-electron chi connectivity index (χ4n) is 7.41. The highest BCUT2D eigenvalue weighted by molar-refractivity contribution is 6.30. The number of fused-ring (bicyclic) bond motifs is 1. The van der Waals surface area contributed by atoms with Gasteiger partial charge in [-0.1, -0.05) is 60.6 Å². The summed E-state index contributed by atoms with van der Waals surface area (Å²) in [5, 5.41) is 3.81. The van der Waals surface area contributed by atoms with Crippen LogP contribution in [0.4, 0.5) is 0 Å². The average Bonchev–Trinajstić information content (AvgIpc) is 3.25. The first kappa shape index (κ1) is 26.9. The number of nitrogens with one attached hydrogen (secondary N) is 1. The molecule has 7 unspecified atom stereocenters. The lowest BCUT2D eigenvalue weighted by Crippen LogP contribution is -2.67.